The monoisotopic (exact) mass is 288 g/mol. The van der Waals surface area contributed by atoms with Gasteiger partial charge in [-0.3, -0.25) is 4.90 Å². The van der Waals surface area contributed by atoms with Gasteiger partial charge in [-0.2, -0.15) is 0 Å². The third kappa shape index (κ3) is 3.41. The first-order valence-corrected chi connectivity index (χ1v) is 8.31. The fourth-order valence-corrected chi connectivity index (χ4v) is 3.66. The fraction of sp³-hybridized carbons (Fsp3) is 0.667. The molecule has 21 heavy (non-hydrogen) atoms. The molecule has 116 valence electrons. The van der Waals surface area contributed by atoms with Crippen molar-refractivity contribution in [2.24, 2.45) is 0 Å². The van der Waals surface area contributed by atoms with Crippen LogP contribution in [-0.2, 0) is 6.42 Å². The lowest BCUT2D eigenvalue weighted by Gasteiger charge is -2.45. The Morgan fingerprint density at radius 1 is 1.33 bits per heavy atom. The number of fused-ring (bicyclic) bond motifs is 1. The molecule has 1 N–H and O–H groups in total. The molecular weight excluding hydrogens is 260 g/mol. The predicted octanol–water partition coefficient (Wildman–Crippen LogP) is 2.84. The highest BCUT2D eigenvalue weighted by Gasteiger charge is 2.34. The number of para-hydroxylation sites is 1. The number of hydrogen-bond donors (Lipinski definition) is 1. The van der Waals surface area contributed by atoms with Crippen molar-refractivity contribution in [3.8, 4) is 5.75 Å². The van der Waals surface area contributed by atoms with Crippen molar-refractivity contribution in [1.29, 1.82) is 0 Å². The molecule has 2 aliphatic heterocycles. The summed E-state index contributed by atoms with van der Waals surface area (Å²) < 4.78 is 6.14. The van der Waals surface area contributed by atoms with Gasteiger partial charge in [-0.05, 0) is 31.9 Å². The van der Waals surface area contributed by atoms with E-state index in [1.807, 2.05) is 0 Å². The Morgan fingerprint density at radius 2 is 2.14 bits per heavy atom. The smallest absolute Gasteiger partial charge is 0.123 e. The minimum absolute atomic E-state index is 0.204. The van der Waals surface area contributed by atoms with Crippen molar-refractivity contribution in [2.45, 2.75) is 57.7 Å². The van der Waals surface area contributed by atoms with Gasteiger partial charge in [-0.25, -0.2) is 0 Å². The molecule has 0 aliphatic carbocycles. The quantitative estimate of drug-likeness (QED) is 0.922. The van der Waals surface area contributed by atoms with E-state index in [0.717, 1.165) is 31.8 Å². The lowest BCUT2D eigenvalue weighted by Crippen LogP contribution is -2.62. The summed E-state index contributed by atoms with van der Waals surface area (Å²) in [6, 6.07) is 9.12. The lowest BCUT2D eigenvalue weighted by molar-refractivity contribution is 0.0540. The molecule has 0 spiro atoms. The second-order valence-corrected chi connectivity index (χ2v) is 7.19. The zero-order valence-corrected chi connectivity index (χ0v) is 13.6. The molecule has 3 heteroatoms. The summed E-state index contributed by atoms with van der Waals surface area (Å²) >= 11 is 0. The van der Waals surface area contributed by atoms with Crippen LogP contribution in [0.5, 0.6) is 5.75 Å². The molecule has 2 unspecified atom stereocenters. The third-order valence-corrected chi connectivity index (χ3v) is 4.70. The van der Waals surface area contributed by atoms with Gasteiger partial charge in [0.1, 0.15) is 11.9 Å². The summed E-state index contributed by atoms with van der Waals surface area (Å²) in [6.07, 6.45) is 3.88. The van der Waals surface area contributed by atoms with E-state index in [1.165, 1.54) is 18.4 Å². The molecule has 2 heterocycles. The van der Waals surface area contributed by atoms with Crippen molar-refractivity contribution in [3.05, 3.63) is 29.8 Å². The maximum atomic E-state index is 6.14. The summed E-state index contributed by atoms with van der Waals surface area (Å²) in [7, 11) is 0. The Hall–Kier alpha value is -1.06. The van der Waals surface area contributed by atoms with Gasteiger partial charge in [-0.15, -0.1) is 0 Å². The molecule has 2 aliphatic rings. The molecule has 0 saturated carbocycles. The molecule has 0 bridgehead atoms. The van der Waals surface area contributed by atoms with E-state index < -0.39 is 0 Å². The molecule has 0 aromatic heterocycles. The van der Waals surface area contributed by atoms with Gasteiger partial charge in [0.2, 0.25) is 0 Å². The summed E-state index contributed by atoms with van der Waals surface area (Å²) in [4.78, 5) is 2.65. The largest absolute Gasteiger partial charge is 0.488 e. The minimum Gasteiger partial charge on any atom is -0.488 e. The van der Waals surface area contributed by atoms with E-state index in [2.05, 4.69) is 55.3 Å². The molecule has 2 atom stereocenters. The number of nitrogens with zero attached hydrogens (tertiary/aromatic N) is 1. The lowest BCUT2D eigenvalue weighted by atomic mass is 9.96. The van der Waals surface area contributed by atoms with Crippen molar-refractivity contribution >= 4 is 0 Å². The van der Waals surface area contributed by atoms with Crippen molar-refractivity contribution < 1.29 is 4.74 Å². The van der Waals surface area contributed by atoms with E-state index in [4.69, 9.17) is 4.74 Å². The van der Waals surface area contributed by atoms with Crippen LogP contribution in [0.2, 0.25) is 0 Å². The summed E-state index contributed by atoms with van der Waals surface area (Å²) in [5.74, 6) is 1.09. The van der Waals surface area contributed by atoms with Gasteiger partial charge in [0, 0.05) is 37.6 Å². The standard InChI is InChI=1S/C18H28N2O/c1-4-7-15-11-19-18(2,3)13-20(15)12-16-10-14-8-5-6-9-17(14)21-16/h5-6,8-9,15-16,19H,4,7,10-13H2,1-3H3. The first-order valence-electron chi connectivity index (χ1n) is 8.31. The molecular formula is C18H28N2O. The van der Waals surface area contributed by atoms with Crippen LogP contribution in [-0.4, -0.2) is 42.2 Å². The average molecular weight is 288 g/mol. The third-order valence-electron chi connectivity index (χ3n) is 4.70. The first-order chi connectivity index (χ1) is 10.1. The second kappa shape index (κ2) is 5.98. The van der Waals surface area contributed by atoms with Crippen molar-refractivity contribution in [3.63, 3.8) is 0 Å². The van der Waals surface area contributed by atoms with Crippen LogP contribution in [0.4, 0.5) is 0 Å². The average Bonchev–Trinajstić information content (AvgIpc) is 2.83. The number of rotatable bonds is 4. The highest BCUT2D eigenvalue weighted by atomic mass is 16.5. The second-order valence-electron chi connectivity index (χ2n) is 7.19. The van der Waals surface area contributed by atoms with Crippen molar-refractivity contribution in [2.75, 3.05) is 19.6 Å². The molecule has 1 aromatic carbocycles. The number of piperazine rings is 1. The highest BCUT2D eigenvalue weighted by molar-refractivity contribution is 5.37. The molecule has 0 radical (unpaired) electrons. The Labute approximate surface area is 128 Å². The van der Waals surface area contributed by atoms with Crippen molar-refractivity contribution in [1.82, 2.24) is 10.2 Å². The number of benzene rings is 1. The van der Waals surface area contributed by atoms with Crippen LogP contribution in [0.1, 0.15) is 39.2 Å². The normalized spacial score (nSPS) is 28.1. The molecule has 1 aromatic rings. The van der Waals surface area contributed by atoms with Crippen LogP contribution in [0.15, 0.2) is 24.3 Å². The Kier molecular flexibility index (Phi) is 4.23. The Balaban J connectivity index is 1.65. The van der Waals surface area contributed by atoms with Gasteiger partial charge >= 0.3 is 0 Å². The topological polar surface area (TPSA) is 24.5 Å². The van der Waals surface area contributed by atoms with Gasteiger partial charge in [0.25, 0.3) is 0 Å². The van der Waals surface area contributed by atoms with Crippen LogP contribution >= 0.6 is 0 Å². The minimum atomic E-state index is 0.204. The summed E-state index contributed by atoms with van der Waals surface area (Å²) in [5.41, 5.74) is 1.57. The number of nitrogens with one attached hydrogen (secondary N) is 1. The predicted molar refractivity (Wildman–Crippen MR) is 86.9 cm³/mol. The Bertz CT molecular complexity index is 461. The van der Waals surface area contributed by atoms with Gasteiger partial charge in [0.05, 0.1) is 0 Å². The van der Waals surface area contributed by atoms with Crippen LogP contribution in [0.25, 0.3) is 0 Å². The summed E-state index contributed by atoms with van der Waals surface area (Å²) in [5, 5.41) is 3.68. The van der Waals surface area contributed by atoms with Gasteiger partial charge in [0.15, 0.2) is 0 Å². The van der Waals surface area contributed by atoms with E-state index in [1.54, 1.807) is 0 Å². The molecule has 1 fully saturated rings. The number of ether oxygens (including phenoxy) is 1. The molecule has 3 nitrogen and oxygen atoms in total. The molecule has 3 rings (SSSR count). The maximum Gasteiger partial charge on any atom is 0.123 e. The fourth-order valence-electron chi connectivity index (χ4n) is 3.66. The van der Waals surface area contributed by atoms with Crippen LogP contribution < -0.4 is 10.1 Å². The van der Waals surface area contributed by atoms with E-state index in [-0.39, 0.29) is 5.54 Å². The van der Waals surface area contributed by atoms with Crippen LogP contribution in [0, 0.1) is 0 Å². The number of hydrogen-bond acceptors (Lipinski definition) is 3. The van der Waals surface area contributed by atoms with Gasteiger partial charge in [-0.1, -0.05) is 31.5 Å². The van der Waals surface area contributed by atoms with Crippen LogP contribution in [0.3, 0.4) is 0 Å². The van der Waals surface area contributed by atoms with E-state index >= 15 is 0 Å². The molecule has 0 amide bonds. The highest BCUT2D eigenvalue weighted by Crippen LogP contribution is 2.29. The SMILES string of the molecule is CCCC1CNC(C)(C)CN1CC1Cc2ccccc2O1. The Morgan fingerprint density at radius 3 is 2.90 bits per heavy atom. The zero-order valence-electron chi connectivity index (χ0n) is 13.6. The van der Waals surface area contributed by atoms with Gasteiger partial charge < -0.3 is 10.1 Å². The molecule has 1 saturated heterocycles. The first kappa shape index (κ1) is 14.9. The van der Waals surface area contributed by atoms with E-state index in [0.29, 0.717) is 12.1 Å². The maximum absolute atomic E-state index is 6.14. The summed E-state index contributed by atoms with van der Waals surface area (Å²) in [6.45, 7) is 10.1. The zero-order chi connectivity index (χ0) is 14.9. The van der Waals surface area contributed by atoms with E-state index in [9.17, 15) is 0 Å².